The summed E-state index contributed by atoms with van der Waals surface area (Å²) in [5, 5.41) is 13.1. The van der Waals surface area contributed by atoms with Gasteiger partial charge in [-0.3, -0.25) is 14.8 Å². The number of nitrogens with one attached hydrogen (secondary N) is 3. The summed E-state index contributed by atoms with van der Waals surface area (Å²) in [5.74, 6) is 3.92. The topological polar surface area (TPSA) is 136 Å². The van der Waals surface area contributed by atoms with E-state index < -0.39 is 16.1 Å². The Labute approximate surface area is 220 Å². The van der Waals surface area contributed by atoms with Gasteiger partial charge in [-0.05, 0) is 30.5 Å². The molecule has 3 aromatic rings. The first-order valence-corrected chi connectivity index (χ1v) is 13.6. The molecule has 0 unspecified atom stereocenters. The minimum absolute atomic E-state index is 0.0780. The van der Waals surface area contributed by atoms with Crippen molar-refractivity contribution in [3.8, 4) is 12.3 Å². The third-order valence-corrected chi connectivity index (χ3v) is 7.23. The summed E-state index contributed by atoms with van der Waals surface area (Å²) >= 11 is 0. The molecular weight excluding hydrogens is 511 g/mol. The highest BCUT2D eigenvalue weighted by Crippen LogP contribution is 2.39. The van der Waals surface area contributed by atoms with Crippen molar-refractivity contribution in [1.82, 2.24) is 30.4 Å². The Hall–Kier alpha value is -4.02. The zero-order chi connectivity index (χ0) is 26.7. The molecule has 198 valence electrons. The van der Waals surface area contributed by atoms with Crippen molar-refractivity contribution in [2.75, 3.05) is 42.9 Å². The van der Waals surface area contributed by atoms with Gasteiger partial charge in [0.2, 0.25) is 5.95 Å². The van der Waals surface area contributed by atoms with E-state index in [0.29, 0.717) is 61.8 Å². The standard InChI is InChI=1S/C25H27FN8O3S/c1-2-8-27-24(35)21-15-22(29-23-14-20(31-32-23)18-6-7-18)30-25(28-21)34-11-9-33(10-12-34)16-17-4-3-5-19(13-17)38(26,36)37/h1,3-5,13-15,18H,6-12,16H2,(H,27,35)(H2,28,29,30,31,32). The molecule has 0 radical (unpaired) electrons. The van der Waals surface area contributed by atoms with Gasteiger partial charge in [-0.25, -0.2) is 4.98 Å². The lowest BCUT2D eigenvalue weighted by Crippen LogP contribution is -2.46. The number of nitrogens with zero attached hydrogens (tertiary/aromatic N) is 5. The average Bonchev–Trinajstić information content (AvgIpc) is 3.66. The third kappa shape index (κ3) is 6.27. The maximum absolute atomic E-state index is 13.4. The molecule has 2 fully saturated rings. The first-order chi connectivity index (χ1) is 18.3. The number of aromatic amines is 1. The Morgan fingerprint density at radius 2 is 1.92 bits per heavy atom. The molecule has 1 saturated heterocycles. The molecular formula is C25H27FN8O3S. The van der Waals surface area contributed by atoms with Gasteiger partial charge >= 0.3 is 10.2 Å². The predicted octanol–water partition coefficient (Wildman–Crippen LogP) is 2.16. The summed E-state index contributed by atoms with van der Waals surface area (Å²) < 4.78 is 35.9. The van der Waals surface area contributed by atoms with E-state index in [1.807, 2.05) is 11.0 Å². The maximum Gasteiger partial charge on any atom is 0.332 e. The van der Waals surface area contributed by atoms with E-state index in [2.05, 4.69) is 41.6 Å². The van der Waals surface area contributed by atoms with Crippen molar-refractivity contribution in [3.63, 3.8) is 0 Å². The molecule has 5 rings (SSSR count). The number of benzene rings is 1. The largest absolute Gasteiger partial charge is 0.340 e. The van der Waals surface area contributed by atoms with E-state index in [9.17, 15) is 17.1 Å². The lowest BCUT2D eigenvalue weighted by atomic mass is 10.2. The van der Waals surface area contributed by atoms with Crippen molar-refractivity contribution in [1.29, 1.82) is 0 Å². The number of carbonyl (C=O) groups excluding carboxylic acids is 1. The predicted molar refractivity (Wildman–Crippen MR) is 139 cm³/mol. The molecule has 3 N–H and O–H groups in total. The van der Waals surface area contributed by atoms with Gasteiger partial charge in [0.05, 0.1) is 11.4 Å². The number of hydrogen-bond acceptors (Lipinski definition) is 9. The number of rotatable bonds is 9. The fourth-order valence-electron chi connectivity index (χ4n) is 4.27. The second kappa shape index (κ2) is 10.8. The molecule has 1 aliphatic carbocycles. The smallest absolute Gasteiger partial charge is 0.332 e. The van der Waals surface area contributed by atoms with Gasteiger partial charge in [0.25, 0.3) is 5.91 Å². The van der Waals surface area contributed by atoms with Crippen LogP contribution in [0.25, 0.3) is 0 Å². The van der Waals surface area contributed by atoms with Crippen LogP contribution < -0.4 is 15.5 Å². The van der Waals surface area contributed by atoms with Crippen LogP contribution in [-0.2, 0) is 16.8 Å². The van der Waals surface area contributed by atoms with Gasteiger partial charge < -0.3 is 15.5 Å². The summed E-state index contributed by atoms with van der Waals surface area (Å²) in [6, 6.07) is 9.39. The molecule has 0 spiro atoms. The summed E-state index contributed by atoms with van der Waals surface area (Å²) in [4.78, 5) is 25.5. The Morgan fingerprint density at radius 1 is 1.13 bits per heavy atom. The molecule has 0 bridgehead atoms. The number of hydrogen-bond donors (Lipinski definition) is 3. The molecule has 11 nitrogen and oxygen atoms in total. The van der Waals surface area contributed by atoms with Gasteiger partial charge in [-0.2, -0.15) is 18.5 Å². The second-order valence-electron chi connectivity index (χ2n) is 9.28. The molecule has 3 heterocycles. The van der Waals surface area contributed by atoms with Gasteiger partial charge in [0, 0.05) is 56.5 Å². The highest BCUT2D eigenvalue weighted by atomic mass is 32.3. The number of terminal acetylenes is 1. The third-order valence-electron chi connectivity index (χ3n) is 6.41. The Kier molecular flexibility index (Phi) is 7.26. The van der Waals surface area contributed by atoms with E-state index in [0.717, 1.165) is 18.5 Å². The van der Waals surface area contributed by atoms with Crippen LogP contribution >= 0.6 is 0 Å². The first-order valence-electron chi connectivity index (χ1n) is 12.2. The molecule has 1 aliphatic heterocycles. The van der Waals surface area contributed by atoms with E-state index in [-0.39, 0.29) is 17.1 Å². The number of halogens is 1. The summed E-state index contributed by atoms with van der Waals surface area (Å²) in [6.45, 7) is 2.97. The minimum atomic E-state index is -4.75. The van der Waals surface area contributed by atoms with Crippen molar-refractivity contribution >= 4 is 33.7 Å². The molecule has 2 aromatic heterocycles. The molecule has 2 aliphatic rings. The van der Waals surface area contributed by atoms with Crippen LogP contribution in [0.1, 0.15) is 40.5 Å². The quantitative estimate of drug-likeness (QED) is 0.277. The van der Waals surface area contributed by atoms with Crippen LogP contribution in [0.2, 0.25) is 0 Å². The SMILES string of the molecule is C#CCNC(=O)c1cc(Nc2cc(C3CC3)[nH]n2)nc(N2CCN(Cc3cccc(S(=O)(=O)F)c3)CC2)n1. The van der Waals surface area contributed by atoms with Crippen LogP contribution in [0, 0.1) is 12.3 Å². The van der Waals surface area contributed by atoms with Gasteiger partial charge in [0.15, 0.2) is 5.82 Å². The summed E-state index contributed by atoms with van der Waals surface area (Å²) in [6.07, 6.45) is 7.57. The summed E-state index contributed by atoms with van der Waals surface area (Å²) in [7, 11) is -4.75. The number of H-pyrrole nitrogens is 1. The summed E-state index contributed by atoms with van der Waals surface area (Å²) in [5.41, 5.74) is 1.95. The zero-order valence-corrected chi connectivity index (χ0v) is 21.3. The highest BCUT2D eigenvalue weighted by Gasteiger charge is 2.26. The van der Waals surface area contributed by atoms with Crippen LogP contribution in [0.3, 0.4) is 0 Å². The molecule has 38 heavy (non-hydrogen) atoms. The van der Waals surface area contributed by atoms with Gasteiger partial charge in [-0.15, -0.1) is 10.3 Å². The van der Waals surface area contributed by atoms with Crippen LogP contribution in [0.4, 0.5) is 21.5 Å². The van der Waals surface area contributed by atoms with E-state index >= 15 is 0 Å². The Bertz CT molecular complexity index is 1470. The van der Waals surface area contributed by atoms with Gasteiger partial charge in [0.1, 0.15) is 11.5 Å². The van der Waals surface area contributed by atoms with Crippen molar-refractivity contribution in [2.45, 2.75) is 30.2 Å². The number of aromatic nitrogens is 4. The lowest BCUT2D eigenvalue weighted by Gasteiger charge is -2.35. The average molecular weight is 539 g/mol. The highest BCUT2D eigenvalue weighted by molar-refractivity contribution is 7.86. The maximum atomic E-state index is 13.4. The molecule has 1 saturated carbocycles. The Morgan fingerprint density at radius 3 is 2.63 bits per heavy atom. The van der Waals surface area contributed by atoms with Crippen molar-refractivity contribution < 1.29 is 17.1 Å². The second-order valence-corrected chi connectivity index (χ2v) is 10.6. The number of amides is 1. The van der Waals surface area contributed by atoms with Crippen LogP contribution in [0.15, 0.2) is 41.3 Å². The van der Waals surface area contributed by atoms with Crippen molar-refractivity contribution in [2.24, 2.45) is 0 Å². The number of carbonyl (C=O) groups is 1. The normalized spacial score (nSPS) is 16.2. The van der Waals surface area contributed by atoms with Gasteiger partial charge in [-0.1, -0.05) is 18.1 Å². The van der Waals surface area contributed by atoms with E-state index in [1.165, 1.54) is 18.2 Å². The lowest BCUT2D eigenvalue weighted by molar-refractivity contribution is 0.0953. The zero-order valence-electron chi connectivity index (χ0n) is 20.5. The minimum Gasteiger partial charge on any atom is -0.340 e. The van der Waals surface area contributed by atoms with Crippen LogP contribution in [-0.4, -0.2) is 72.1 Å². The number of piperazine rings is 1. The number of anilines is 3. The van der Waals surface area contributed by atoms with Crippen molar-refractivity contribution in [3.05, 3.63) is 53.3 Å². The molecule has 13 heteroatoms. The molecule has 0 atom stereocenters. The monoisotopic (exact) mass is 538 g/mol. The molecule has 1 aromatic carbocycles. The fraction of sp³-hybridized carbons (Fsp3) is 0.360. The molecule has 1 amide bonds. The van der Waals surface area contributed by atoms with Crippen LogP contribution in [0.5, 0.6) is 0 Å². The fourth-order valence-corrected chi connectivity index (χ4v) is 4.81. The Balaban J connectivity index is 1.29. The van der Waals surface area contributed by atoms with E-state index in [1.54, 1.807) is 12.1 Å². The van der Waals surface area contributed by atoms with E-state index in [4.69, 9.17) is 6.42 Å². The first kappa shape index (κ1) is 25.6.